The Morgan fingerprint density at radius 1 is 0.714 bits per heavy atom. The predicted molar refractivity (Wildman–Crippen MR) is 35.7 cm³/mol. The Balaban J connectivity index is -0.0000000270. The molecule has 0 aromatic rings. The molecule has 0 unspecified atom stereocenters. The first-order valence-corrected chi connectivity index (χ1v) is 2.72. The Morgan fingerprint density at radius 2 is 0.714 bits per heavy atom. The molecule has 1 radical (unpaired) electrons. The van der Waals surface area contributed by atoms with E-state index in [1.807, 2.05) is 0 Å². The van der Waals surface area contributed by atoms with Crippen LogP contribution in [0, 0.1) is 0 Å². The first-order chi connectivity index (χ1) is 5.20. The van der Waals surface area contributed by atoms with E-state index in [-0.39, 0.29) is 22.5 Å². The average Bonchev–Trinajstić information content (AvgIpc) is 1.54. The molecule has 0 atom stereocenters. The molecule has 0 amide bonds. The Kier molecular flexibility index (Phi) is 47.4. The standard InChI is InChI=1S/3C2H4O2.Cu.H2O/c3*1-2(3)4;;/h3*1H3,(H,3,4);;1H2/p-3. The molecule has 8 heteroatoms. The van der Waals surface area contributed by atoms with Crippen molar-refractivity contribution in [1.82, 2.24) is 0 Å². The van der Waals surface area contributed by atoms with Crippen LogP contribution in [0.3, 0.4) is 0 Å². The van der Waals surface area contributed by atoms with Gasteiger partial charge >= 0.3 is 0 Å². The fourth-order valence-corrected chi connectivity index (χ4v) is 0. The first-order valence-electron chi connectivity index (χ1n) is 2.72. The van der Waals surface area contributed by atoms with Gasteiger partial charge in [0.05, 0.1) is 0 Å². The zero-order valence-electron chi connectivity index (χ0n) is 7.75. The summed E-state index contributed by atoms with van der Waals surface area (Å²) in [5, 5.41) is 26.7. The second-order valence-corrected chi connectivity index (χ2v) is 1.47. The minimum absolute atomic E-state index is 0. The molecule has 0 rings (SSSR count). The molecule has 0 saturated heterocycles. The van der Waals surface area contributed by atoms with E-state index in [2.05, 4.69) is 0 Å². The predicted octanol–water partition coefficient (Wildman–Crippen LogP) is -4.56. The molecule has 0 aliphatic rings. The van der Waals surface area contributed by atoms with Gasteiger partial charge in [-0.2, -0.15) is 0 Å². The van der Waals surface area contributed by atoms with Gasteiger partial charge in [0, 0.05) is 35.0 Å². The molecular formula is C6H11CuO7-3. The molecule has 0 spiro atoms. The van der Waals surface area contributed by atoms with Crippen molar-refractivity contribution in [3.63, 3.8) is 0 Å². The van der Waals surface area contributed by atoms with Crippen LogP contribution in [0.25, 0.3) is 0 Å². The summed E-state index contributed by atoms with van der Waals surface area (Å²) in [4.78, 5) is 26.7. The van der Waals surface area contributed by atoms with Crippen LogP contribution in [0.15, 0.2) is 0 Å². The third kappa shape index (κ3) is 864. The molecule has 0 aliphatic carbocycles. The largest absolute Gasteiger partial charge is 0.550 e. The molecule has 0 fully saturated rings. The number of carboxylic acids is 3. The molecule has 91 valence electrons. The van der Waals surface area contributed by atoms with Crippen LogP contribution in [0.2, 0.25) is 0 Å². The smallest absolute Gasteiger partial charge is 0.0383 e. The molecule has 14 heavy (non-hydrogen) atoms. The zero-order valence-corrected chi connectivity index (χ0v) is 8.69. The number of aliphatic carboxylic acids is 3. The van der Waals surface area contributed by atoms with E-state index >= 15 is 0 Å². The van der Waals surface area contributed by atoms with Crippen LogP contribution >= 0.6 is 0 Å². The second kappa shape index (κ2) is 22.7. The quantitative estimate of drug-likeness (QED) is 0.399. The first kappa shape index (κ1) is 29.3. The number of hydrogen-bond donors (Lipinski definition) is 0. The summed E-state index contributed by atoms with van der Waals surface area (Å²) < 4.78 is 0. The van der Waals surface area contributed by atoms with Crippen molar-refractivity contribution in [3.05, 3.63) is 0 Å². The van der Waals surface area contributed by atoms with Crippen LogP contribution in [0.1, 0.15) is 20.8 Å². The second-order valence-electron chi connectivity index (χ2n) is 1.47. The molecule has 0 aromatic carbocycles. The molecule has 2 N–H and O–H groups in total. The van der Waals surface area contributed by atoms with E-state index in [1.54, 1.807) is 0 Å². The van der Waals surface area contributed by atoms with Gasteiger partial charge in [0.25, 0.3) is 0 Å². The monoisotopic (exact) mass is 258 g/mol. The Bertz CT molecular complexity index is 116. The van der Waals surface area contributed by atoms with Crippen molar-refractivity contribution >= 4 is 17.9 Å². The van der Waals surface area contributed by atoms with Crippen LogP contribution in [0.5, 0.6) is 0 Å². The van der Waals surface area contributed by atoms with Gasteiger partial charge in [-0.05, 0) is 20.8 Å². The fraction of sp³-hybridized carbons (Fsp3) is 0.500. The van der Waals surface area contributed by atoms with E-state index in [9.17, 15) is 0 Å². The Labute approximate surface area is 91.5 Å². The maximum Gasteiger partial charge on any atom is 0.0383 e. The van der Waals surface area contributed by atoms with Crippen molar-refractivity contribution in [1.29, 1.82) is 0 Å². The normalized spacial score (nSPS) is 5.36. The van der Waals surface area contributed by atoms with E-state index in [1.165, 1.54) is 0 Å². The Hall–Kier alpha value is -1.11. The van der Waals surface area contributed by atoms with Crippen molar-refractivity contribution in [3.8, 4) is 0 Å². The van der Waals surface area contributed by atoms with Gasteiger partial charge in [-0.1, -0.05) is 0 Å². The maximum atomic E-state index is 8.89. The van der Waals surface area contributed by atoms with Crippen molar-refractivity contribution in [2.75, 3.05) is 0 Å². The van der Waals surface area contributed by atoms with Crippen molar-refractivity contribution in [2.45, 2.75) is 20.8 Å². The average molecular weight is 259 g/mol. The minimum atomic E-state index is -1.08. The summed E-state index contributed by atoms with van der Waals surface area (Å²) in [5.74, 6) is -3.25. The van der Waals surface area contributed by atoms with Crippen LogP contribution in [0.4, 0.5) is 0 Å². The molecule has 0 bridgehead atoms. The van der Waals surface area contributed by atoms with E-state index in [0.717, 1.165) is 20.8 Å². The summed E-state index contributed by atoms with van der Waals surface area (Å²) in [7, 11) is 0. The van der Waals surface area contributed by atoms with Gasteiger partial charge in [0.15, 0.2) is 0 Å². The minimum Gasteiger partial charge on any atom is -0.550 e. The van der Waals surface area contributed by atoms with Gasteiger partial charge in [0.1, 0.15) is 0 Å². The number of hydrogen-bond acceptors (Lipinski definition) is 6. The van der Waals surface area contributed by atoms with Gasteiger partial charge in [-0.15, -0.1) is 0 Å². The summed E-state index contributed by atoms with van der Waals surface area (Å²) >= 11 is 0. The zero-order chi connectivity index (χ0) is 10.7. The molecule has 0 aromatic heterocycles. The number of carbonyl (C=O) groups is 3. The molecule has 7 nitrogen and oxygen atoms in total. The summed E-state index contributed by atoms with van der Waals surface area (Å²) in [6.07, 6.45) is 0. The summed E-state index contributed by atoms with van der Waals surface area (Å²) in [5.41, 5.74) is 0. The molecule has 0 aliphatic heterocycles. The number of rotatable bonds is 0. The third-order valence-electron chi connectivity index (χ3n) is 0. The number of carbonyl (C=O) groups excluding carboxylic acids is 3. The van der Waals surface area contributed by atoms with E-state index in [0.29, 0.717) is 0 Å². The maximum absolute atomic E-state index is 8.89. The molecule has 0 saturated carbocycles. The van der Waals surface area contributed by atoms with Crippen LogP contribution in [-0.4, -0.2) is 23.4 Å². The van der Waals surface area contributed by atoms with Crippen molar-refractivity contribution in [2.24, 2.45) is 0 Å². The SMILES string of the molecule is CC(=O)[O-].CC(=O)[O-].CC(=O)[O-].O.[Cu]. The fourth-order valence-electron chi connectivity index (χ4n) is 0. The molecular weight excluding hydrogens is 248 g/mol. The van der Waals surface area contributed by atoms with Gasteiger partial charge in [-0.25, -0.2) is 0 Å². The number of carboxylic acid groups (broad SMARTS) is 3. The van der Waals surface area contributed by atoms with Crippen LogP contribution in [-0.2, 0) is 31.5 Å². The topological polar surface area (TPSA) is 152 Å². The van der Waals surface area contributed by atoms with Gasteiger partial charge in [-0.3, -0.25) is 0 Å². The summed E-state index contributed by atoms with van der Waals surface area (Å²) in [6.45, 7) is 2.92. The van der Waals surface area contributed by atoms with Crippen molar-refractivity contribution < 1.29 is 52.2 Å². The Morgan fingerprint density at radius 3 is 0.714 bits per heavy atom. The molecule has 0 heterocycles. The van der Waals surface area contributed by atoms with Gasteiger partial charge in [0.2, 0.25) is 0 Å². The van der Waals surface area contributed by atoms with E-state index < -0.39 is 17.9 Å². The third-order valence-corrected chi connectivity index (χ3v) is 0. The van der Waals surface area contributed by atoms with Gasteiger partial charge < -0.3 is 35.2 Å². The van der Waals surface area contributed by atoms with E-state index in [4.69, 9.17) is 29.7 Å². The summed E-state index contributed by atoms with van der Waals surface area (Å²) in [6, 6.07) is 0. The van der Waals surface area contributed by atoms with Crippen LogP contribution < -0.4 is 15.3 Å².